The first kappa shape index (κ1) is 4.86. The third kappa shape index (κ3) is 2.19. The highest BCUT2D eigenvalue weighted by atomic mass is 16.3. The monoisotopic (exact) mass is 160 g/mol. The largest absolute Gasteiger partial charge is 0.393 e. The van der Waals surface area contributed by atoms with Gasteiger partial charge in [-0.15, -0.1) is 0 Å². The summed E-state index contributed by atoms with van der Waals surface area (Å²) >= 11 is 0. The summed E-state index contributed by atoms with van der Waals surface area (Å²) in [6.45, 7) is 5.22. The van der Waals surface area contributed by atoms with E-state index in [0.717, 1.165) is 0 Å². The van der Waals surface area contributed by atoms with Gasteiger partial charge in [-0.1, -0.05) is 27.2 Å². The van der Waals surface area contributed by atoms with Crippen molar-refractivity contribution in [1.82, 2.24) is 0 Å². The Kier molecular flexibility index (Phi) is 1.58. The highest BCUT2D eigenvalue weighted by Gasteiger charge is 2.28. The lowest BCUT2D eigenvalue weighted by molar-refractivity contribution is 0.0266. The second kappa shape index (κ2) is 3.57. The molecule has 1 aliphatic carbocycles. The van der Waals surface area contributed by atoms with Crippen molar-refractivity contribution in [3.8, 4) is 0 Å². The van der Waals surface area contributed by atoms with Crippen LogP contribution in [0.5, 0.6) is 0 Å². The lowest BCUT2D eigenvalue weighted by Gasteiger charge is -2.33. The van der Waals surface area contributed by atoms with Crippen LogP contribution >= 0.6 is 0 Å². The molecular weight excluding hydrogens is 136 g/mol. The van der Waals surface area contributed by atoms with Crippen LogP contribution in [-0.4, -0.2) is 11.2 Å². The number of rotatable bonds is 1. The van der Waals surface area contributed by atoms with E-state index in [-0.39, 0.29) is 11.8 Å². The van der Waals surface area contributed by atoms with Crippen molar-refractivity contribution in [2.75, 3.05) is 0 Å². The van der Waals surface area contributed by atoms with Crippen molar-refractivity contribution in [2.45, 2.75) is 46.1 Å². The first-order chi connectivity index (χ1) is 6.57. The molecule has 0 aromatic carbocycles. The van der Waals surface area contributed by atoms with Crippen molar-refractivity contribution >= 4 is 0 Å². The fourth-order valence-electron chi connectivity index (χ4n) is 1.45. The zero-order valence-electron chi connectivity index (χ0n) is 11.5. The van der Waals surface area contributed by atoms with Crippen LogP contribution in [0.3, 0.4) is 0 Å². The average Bonchev–Trinajstić information content (AvgIpc) is 2.10. The van der Waals surface area contributed by atoms with Crippen molar-refractivity contribution in [2.24, 2.45) is 17.7 Å². The molecule has 0 spiro atoms. The Bertz CT molecular complexity index is 252. The van der Waals surface area contributed by atoms with Crippen LogP contribution < -0.4 is 0 Å². The van der Waals surface area contributed by atoms with E-state index in [1.54, 1.807) is 20.8 Å². The molecule has 0 aromatic heterocycles. The zero-order chi connectivity index (χ0) is 12.1. The third-order valence-electron chi connectivity index (χ3n) is 2.23. The summed E-state index contributed by atoms with van der Waals surface area (Å²) in [5.41, 5.74) is 0. The molecule has 1 N–H and O–H groups in total. The average molecular weight is 160 g/mol. The molecule has 0 radical (unpaired) electrons. The topological polar surface area (TPSA) is 20.2 Å². The summed E-state index contributed by atoms with van der Waals surface area (Å²) in [6.07, 6.45) is -3.41. The molecule has 66 valence electrons. The number of hydrogen-bond acceptors (Lipinski definition) is 1. The second-order valence-electron chi connectivity index (χ2n) is 3.61. The summed E-state index contributed by atoms with van der Waals surface area (Å²) in [5, 5.41) is 10.1. The number of hydrogen-bond donors (Lipinski definition) is 1. The van der Waals surface area contributed by atoms with Gasteiger partial charge in [-0.25, -0.2) is 0 Å². The Morgan fingerprint density at radius 1 is 1.55 bits per heavy atom. The molecule has 0 bridgehead atoms. The van der Waals surface area contributed by atoms with Crippen LogP contribution in [0.1, 0.15) is 45.5 Å². The quantitative estimate of drug-likeness (QED) is 0.624. The van der Waals surface area contributed by atoms with Gasteiger partial charge in [0.25, 0.3) is 0 Å². The van der Waals surface area contributed by atoms with Crippen LogP contribution in [-0.2, 0) is 0 Å². The van der Waals surface area contributed by atoms with Gasteiger partial charge in [0, 0.05) is 4.11 Å². The summed E-state index contributed by atoms with van der Waals surface area (Å²) in [7, 11) is 0. The van der Waals surface area contributed by atoms with Gasteiger partial charge in [0.1, 0.15) is 0 Å². The van der Waals surface area contributed by atoms with Gasteiger partial charge >= 0.3 is 0 Å². The fourth-order valence-corrected chi connectivity index (χ4v) is 1.45. The predicted octanol–water partition coefficient (Wildman–Crippen LogP) is 2.44. The highest BCUT2D eigenvalue weighted by molar-refractivity contribution is 4.79. The van der Waals surface area contributed by atoms with Crippen molar-refractivity contribution < 1.29 is 10.6 Å². The zero-order valence-corrected chi connectivity index (χ0v) is 7.52. The Hall–Kier alpha value is -0.0400. The van der Waals surface area contributed by atoms with Crippen molar-refractivity contribution in [3.05, 3.63) is 0 Å². The van der Waals surface area contributed by atoms with E-state index in [0.29, 0.717) is 12.8 Å². The maximum absolute atomic E-state index is 10.1. The van der Waals surface area contributed by atoms with E-state index >= 15 is 0 Å². The number of aliphatic hydroxyl groups is 1. The smallest absolute Gasteiger partial charge is 0.0604 e. The van der Waals surface area contributed by atoms with Gasteiger partial charge in [0.15, 0.2) is 0 Å². The molecule has 1 aliphatic rings. The van der Waals surface area contributed by atoms with E-state index in [4.69, 9.17) is 5.48 Å². The minimum atomic E-state index is -2.33. The lowest BCUT2D eigenvalue weighted by atomic mass is 9.75. The molecule has 11 heavy (non-hydrogen) atoms. The molecule has 3 unspecified atom stereocenters. The van der Waals surface area contributed by atoms with E-state index in [1.807, 2.05) is 0 Å². The molecule has 1 fully saturated rings. The van der Waals surface area contributed by atoms with Gasteiger partial charge in [0.2, 0.25) is 0 Å². The highest BCUT2D eigenvalue weighted by Crippen LogP contribution is 2.33. The minimum Gasteiger partial charge on any atom is -0.393 e. The van der Waals surface area contributed by atoms with Crippen LogP contribution in [0.25, 0.3) is 0 Å². The molecule has 0 heterocycles. The Morgan fingerprint density at radius 3 is 2.73 bits per heavy atom. The van der Waals surface area contributed by atoms with Gasteiger partial charge in [-0.2, -0.15) is 0 Å². The standard InChI is InChI=1S/C10H20O/c1-7(2)9-5-4-8(3)6-10(9)11/h7-11H,4-6H2,1-3H3/i6D2,9D,10D. The first-order valence-electron chi connectivity index (χ1n) is 6.29. The molecule has 1 rings (SSSR count). The molecule has 0 saturated heterocycles. The van der Waals surface area contributed by atoms with Gasteiger partial charge in [-0.05, 0) is 30.5 Å². The fraction of sp³-hybridized carbons (Fsp3) is 1.00. The maximum Gasteiger partial charge on any atom is 0.0604 e. The Morgan fingerprint density at radius 2 is 2.18 bits per heavy atom. The van der Waals surface area contributed by atoms with Crippen molar-refractivity contribution in [3.63, 3.8) is 0 Å². The summed E-state index contributed by atoms with van der Waals surface area (Å²) < 4.78 is 31.6. The normalized spacial score (nSPS) is 62.8. The maximum atomic E-state index is 10.1. The predicted molar refractivity (Wildman–Crippen MR) is 47.3 cm³/mol. The van der Waals surface area contributed by atoms with E-state index in [2.05, 4.69) is 0 Å². The van der Waals surface area contributed by atoms with E-state index < -0.39 is 18.3 Å². The van der Waals surface area contributed by atoms with Crippen LogP contribution in [0.4, 0.5) is 0 Å². The van der Waals surface area contributed by atoms with E-state index in [9.17, 15) is 5.11 Å². The van der Waals surface area contributed by atoms with Crippen molar-refractivity contribution in [1.29, 1.82) is 0 Å². The molecule has 0 aromatic rings. The molecule has 0 aliphatic heterocycles. The molecular formula is C10H20O. The SMILES string of the molecule is [2H]C1([2H])C(C)CCC([2H])(C(C)C)C1([2H])O. The van der Waals surface area contributed by atoms with Gasteiger partial charge in [-0.3, -0.25) is 0 Å². The molecule has 3 atom stereocenters. The van der Waals surface area contributed by atoms with Gasteiger partial charge in [0.05, 0.1) is 7.45 Å². The third-order valence-corrected chi connectivity index (χ3v) is 2.23. The molecule has 0 amide bonds. The summed E-state index contributed by atoms with van der Waals surface area (Å²) in [4.78, 5) is 0. The Balaban J connectivity index is 3.16. The minimum absolute atomic E-state index is 0.234. The first-order valence-corrected chi connectivity index (χ1v) is 4.29. The van der Waals surface area contributed by atoms with Crippen LogP contribution in [0, 0.1) is 17.7 Å². The second-order valence-corrected chi connectivity index (χ2v) is 3.61. The Labute approximate surface area is 75.4 Å². The van der Waals surface area contributed by atoms with Crippen LogP contribution in [0.2, 0.25) is 0 Å². The van der Waals surface area contributed by atoms with Gasteiger partial charge < -0.3 is 5.11 Å². The summed E-state index contributed by atoms with van der Waals surface area (Å²) in [6, 6.07) is 0. The van der Waals surface area contributed by atoms with E-state index in [1.165, 1.54) is 0 Å². The summed E-state index contributed by atoms with van der Waals surface area (Å²) in [5.74, 6) is -2.02. The van der Waals surface area contributed by atoms with Crippen LogP contribution in [0.15, 0.2) is 0 Å². The lowest BCUT2D eigenvalue weighted by Crippen LogP contribution is -2.31. The molecule has 1 saturated carbocycles. The molecule has 1 heteroatoms. The molecule has 1 nitrogen and oxygen atoms in total.